The largest absolute Gasteiger partial charge is 0.458 e. The van der Waals surface area contributed by atoms with E-state index in [4.69, 9.17) is 18.9 Å². The van der Waals surface area contributed by atoms with Gasteiger partial charge in [0.15, 0.2) is 5.76 Å². The number of hydrogen-bond donors (Lipinski definition) is 0. The van der Waals surface area contributed by atoms with Gasteiger partial charge in [0.05, 0.1) is 6.61 Å². The Hall–Kier alpha value is -2.44. The molecular weight excluding hydrogens is 312 g/mol. The summed E-state index contributed by atoms with van der Waals surface area (Å²) in [6.45, 7) is 4.73. The van der Waals surface area contributed by atoms with Crippen molar-refractivity contribution < 1.29 is 28.5 Å². The van der Waals surface area contributed by atoms with Gasteiger partial charge in [-0.15, -0.1) is 0 Å². The van der Waals surface area contributed by atoms with E-state index in [-0.39, 0.29) is 0 Å². The molecule has 2 saturated heterocycles. The molecule has 0 aromatic rings. The number of ether oxygens (including phenoxy) is 4. The Morgan fingerprint density at radius 2 is 1.96 bits per heavy atom. The molecule has 2 rings (SSSR count). The Morgan fingerprint density at radius 1 is 1.21 bits per heavy atom. The van der Waals surface area contributed by atoms with Crippen LogP contribution >= 0.6 is 0 Å². The highest BCUT2D eigenvalue weighted by atomic mass is 16.7. The molecule has 0 aromatic heterocycles. The van der Waals surface area contributed by atoms with Gasteiger partial charge in [0.1, 0.15) is 0 Å². The van der Waals surface area contributed by atoms with E-state index >= 15 is 0 Å². The molecule has 0 aromatic carbocycles. The topological polar surface area (TPSA) is 71.1 Å². The van der Waals surface area contributed by atoms with Crippen molar-refractivity contribution in [3.63, 3.8) is 0 Å². The number of allylic oxidation sites excluding steroid dienone is 1. The van der Waals surface area contributed by atoms with Crippen molar-refractivity contribution in [2.75, 3.05) is 6.61 Å². The first-order valence-corrected chi connectivity index (χ1v) is 7.78. The SMILES string of the molecule is CC#CC#C/C=C1\O[C@]2(CCCCO2)[C@H](OC(C)=O)[C@@H]1OC(C)=O. The predicted molar refractivity (Wildman–Crippen MR) is 84.0 cm³/mol. The fourth-order valence-electron chi connectivity index (χ4n) is 2.74. The molecule has 0 unspecified atom stereocenters. The number of hydrogen-bond acceptors (Lipinski definition) is 6. The summed E-state index contributed by atoms with van der Waals surface area (Å²) in [5, 5.41) is 0. The second kappa shape index (κ2) is 7.90. The molecule has 2 fully saturated rings. The summed E-state index contributed by atoms with van der Waals surface area (Å²) in [7, 11) is 0. The van der Waals surface area contributed by atoms with Crippen LogP contribution in [0.25, 0.3) is 0 Å². The van der Waals surface area contributed by atoms with Gasteiger partial charge in [0, 0.05) is 26.3 Å². The second-order valence-corrected chi connectivity index (χ2v) is 5.47. The van der Waals surface area contributed by atoms with E-state index in [9.17, 15) is 9.59 Å². The van der Waals surface area contributed by atoms with Gasteiger partial charge in [0.25, 0.3) is 5.79 Å². The van der Waals surface area contributed by atoms with Crippen molar-refractivity contribution in [3.05, 3.63) is 11.8 Å². The van der Waals surface area contributed by atoms with Gasteiger partial charge in [-0.1, -0.05) is 11.8 Å². The molecule has 1 spiro atoms. The van der Waals surface area contributed by atoms with E-state index in [0.717, 1.165) is 12.8 Å². The zero-order chi connectivity index (χ0) is 17.6. The van der Waals surface area contributed by atoms with Crippen LogP contribution in [0.5, 0.6) is 0 Å². The smallest absolute Gasteiger partial charge is 0.303 e. The van der Waals surface area contributed by atoms with Crippen molar-refractivity contribution in [2.24, 2.45) is 0 Å². The highest BCUT2D eigenvalue weighted by molar-refractivity contribution is 5.68. The minimum Gasteiger partial charge on any atom is -0.458 e. The maximum absolute atomic E-state index is 11.5. The Labute approximate surface area is 141 Å². The molecule has 0 aliphatic carbocycles. The Morgan fingerprint density at radius 3 is 2.54 bits per heavy atom. The second-order valence-electron chi connectivity index (χ2n) is 5.47. The van der Waals surface area contributed by atoms with E-state index < -0.39 is 29.9 Å². The molecule has 0 N–H and O–H groups in total. The van der Waals surface area contributed by atoms with E-state index in [1.54, 1.807) is 6.92 Å². The average Bonchev–Trinajstić information content (AvgIpc) is 2.78. The summed E-state index contributed by atoms with van der Waals surface area (Å²) < 4.78 is 22.5. The Kier molecular flexibility index (Phi) is 5.89. The maximum Gasteiger partial charge on any atom is 0.303 e. The molecule has 2 heterocycles. The van der Waals surface area contributed by atoms with Crippen molar-refractivity contribution >= 4 is 11.9 Å². The van der Waals surface area contributed by atoms with Gasteiger partial charge < -0.3 is 18.9 Å². The monoisotopic (exact) mass is 332 g/mol. The van der Waals surface area contributed by atoms with Crippen molar-refractivity contribution in [3.8, 4) is 23.7 Å². The lowest BCUT2D eigenvalue weighted by Gasteiger charge is -2.36. The van der Waals surface area contributed by atoms with Crippen LogP contribution in [0.3, 0.4) is 0 Å². The summed E-state index contributed by atoms with van der Waals surface area (Å²) in [5.41, 5.74) is 0. The normalized spacial score (nSPS) is 29.7. The molecule has 2 aliphatic rings. The van der Waals surface area contributed by atoms with Crippen molar-refractivity contribution in [2.45, 2.75) is 58.0 Å². The molecular formula is C18H20O6. The minimum absolute atomic E-state index is 0.295. The van der Waals surface area contributed by atoms with Crippen LogP contribution in [0.4, 0.5) is 0 Å². The molecule has 2 aliphatic heterocycles. The van der Waals surface area contributed by atoms with Gasteiger partial charge in [-0.3, -0.25) is 9.59 Å². The lowest BCUT2D eigenvalue weighted by atomic mass is 9.98. The van der Waals surface area contributed by atoms with Crippen LogP contribution < -0.4 is 0 Å². The van der Waals surface area contributed by atoms with Crippen LogP contribution in [-0.4, -0.2) is 36.5 Å². The number of esters is 2. The molecule has 6 nitrogen and oxygen atoms in total. The highest BCUT2D eigenvalue weighted by Crippen LogP contribution is 2.43. The number of carbonyl (C=O) groups is 2. The molecule has 3 atom stereocenters. The van der Waals surface area contributed by atoms with Gasteiger partial charge in [-0.25, -0.2) is 0 Å². The zero-order valence-corrected chi connectivity index (χ0v) is 14.0. The molecule has 0 amide bonds. The van der Waals surface area contributed by atoms with E-state index in [1.165, 1.54) is 19.9 Å². The minimum atomic E-state index is -1.14. The fourth-order valence-corrected chi connectivity index (χ4v) is 2.74. The summed E-state index contributed by atoms with van der Waals surface area (Å²) >= 11 is 0. The highest BCUT2D eigenvalue weighted by Gasteiger charge is 2.59. The molecule has 0 radical (unpaired) electrons. The van der Waals surface area contributed by atoms with Gasteiger partial charge >= 0.3 is 11.9 Å². The number of carbonyl (C=O) groups excluding carboxylic acids is 2. The molecule has 6 heteroatoms. The summed E-state index contributed by atoms with van der Waals surface area (Å²) in [6, 6.07) is 0. The maximum atomic E-state index is 11.5. The van der Waals surface area contributed by atoms with Crippen LogP contribution in [-0.2, 0) is 28.5 Å². The van der Waals surface area contributed by atoms with Crippen molar-refractivity contribution in [1.29, 1.82) is 0 Å². The van der Waals surface area contributed by atoms with Crippen LogP contribution in [0.1, 0.15) is 40.0 Å². The first-order valence-electron chi connectivity index (χ1n) is 7.78. The predicted octanol–water partition coefficient (Wildman–Crippen LogP) is 1.69. The van der Waals surface area contributed by atoms with Crippen molar-refractivity contribution in [1.82, 2.24) is 0 Å². The van der Waals surface area contributed by atoms with E-state index in [2.05, 4.69) is 23.7 Å². The standard InChI is InChI=1S/C18H20O6/c1-4-5-6-7-10-15-16(22-13(2)19)17(23-14(3)20)18(24-15)11-8-9-12-21-18/h10,16-17H,8-9,11-12H2,1-3H3/b15-10-/t16-,17-,18-/m1/s1. The fraction of sp³-hybridized carbons (Fsp3) is 0.556. The summed E-state index contributed by atoms with van der Waals surface area (Å²) in [6.07, 6.45) is 1.98. The summed E-state index contributed by atoms with van der Waals surface area (Å²) in [5.74, 6) is 8.75. The first-order chi connectivity index (χ1) is 11.5. The molecule has 0 saturated carbocycles. The summed E-state index contributed by atoms with van der Waals surface area (Å²) in [4.78, 5) is 23.0. The van der Waals surface area contributed by atoms with Gasteiger partial charge in [-0.2, -0.15) is 0 Å². The Balaban J connectivity index is 2.38. The zero-order valence-electron chi connectivity index (χ0n) is 14.0. The van der Waals surface area contributed by atoms with Crippen LogP contribution in [0.15, 0.2) is 11.8 Å². The first kappa shape index (κ1) is 17.9. The third kappa shape index (κ3) is 4.10. The molecule has 128 valence electrons. The third-order valence-electron chi connectivity index (χ3n) is 3.61. The molecule has 24 heavy (non-hydrogen) atoms. The Bertz CT molecular complexity index is 648. The quantitative estimate of drug-likeness (QED) is 0.566. The van der Waals surface area contributed by atoms with E-state index in [0.29, 0.717) is 18.8 Å². The van der Waals surface area contributed by atoms with E-state index in [1.807, 2.05) is 0 Å². The van der Waals surface area contributed by atoms with Gasteiger partial charge in [0.2, 0.25) is 12.2 Å². The lowest BCUT2D eigenvalue weighted by molar-refractivity contribution is -0.263. The average molecular weight is 332 g/mol. The van der Waals surface area contributed by atoms with Gasteiger partial charge in [-0.05, 0) is 31.6 Å². The third-order valence-corrected chi connectivity index (χ3v) is 3.61. The van der Waals surface area contributed by atoms with Crippen LogP contribution in [0.2, 0.25) is 0 Å². The molecule has 0 bridgehead atoms. The number of rotatable bonds is 2. The lowest BCUT2D eigenvalue weighted by Crippen LogP contribution is -2.50. The van der Waals surface area contributed by atoms with Crippen LogP contribution in [0, 0.1) is 23.7 Å².